The highest BCUT2D eigenvalue weighted by Gasteiger charge is 2.05. The number of carbonyl (C=O) groups is 1. The fourth-order valence-electron chi connectivity index (χ4n) is 1.80. The number of para-hydroxylation sites is 1. The summed E-state index contributed by atoms with van der Waals surface area (Å²) in [6.07, 6.45) is 4.86. The topological polar surface area (TPSA) is 41.1 Å². The quantitative estimate of drug-likeness (QED) is 0.694. The van der Waals surface area contributed by atoms with Gasteiger partial charge in [-0.1, -0.05) is 44.4 Å². The molecule has 0 aliphatic carbocycles. The molecule has 1 atom stereocenters. The van der Waals surface area contributed by atoms with Gasteiger partial charge < -0.3 is 10.6 Å². The summed E-state index contributed by atoms with van der Waals surface area (Å²) < 4.78 is 0. The van der Waals surface area contributed by atoms with Crippen molar-refractivity contribution in [3.8, 4) is 0 Å². The minimum atomic E-state index is 0.0172. The maximum absolute atomic E-state index is 11.7. The van der Waals surface area contributed by atoms with Crippen LogP contribution in [-0.4, -0.2) is 18.5 Å². The fourth-order valence-corrected chi connectivity index (χ4v) is 1.80. The minimum absolute atomic E-state index is 0.0172. The van der Waals surface area contributed by atoms with E-state index in [0.29, 0.717) is 12.6 Å². The summed E-state index contributed by atoms with van der Waals surface area (Å²) in [5.74, 6) is 0.0172. The van der Waals surface area contributed by atoms with Gasteiger partial charge in [-0.05, 0) is 25.5 Å². The van der Waals surface area contributed by atoms with Crippen molar-refractivity contribution >= 4 is 11.6 Å². The molecule has 0 aromatic heterocycles. The minimum Gasteiger partial charge on any atom is -0.325 e. The number of hydrogen-bond donors (Lipinski definition) is 2. The van der Waals surface area contributed by atoms with E-state index < -0.39 is 0 Å². The molecule has 0 fully saturated rings. The zero-order valence-corrected chi connectivity index (χ0v) is 11.4. The molecule has 0 bridgehead atoms. The van der Waals surface area contributed by atoms with E-state index in [4.69, 9.17) is 0 Å². The van der Waals surface area contributed by atoms with Crippen LogP contribution in [0, 0.1) is 0 Å². The highest BCUT2D eigenvalue weighted by atomic mass is 16.1. The second kappa shape index (κ2) is 8.70. The Morgan fingerprint density at radius 1 is 1.22 bits per heavy atom. The van der Waals surface area contributed by atoms with Crippen LogP contribution in [-0.2, 0) is 4.79 Å². The van der Waals surface area contributed by atoms with E-state index in [9.17, 15) is 4.79 Å². The average Bonchev–Trinajstić information content (AvgIpc) is 2.38. The summed E-state index contributed by atoms with van der Waals surface area (Å²) >= 11 is 0. The molecule has 0 saturated heterocycles. The van der Waals surface area contributed by atoms with E-state index >= 15 is 0 Å². The van der Waals surface area contributed by atoms with Crippen LogP contribution >= 0.6 is 0 Å². The molecule has 1 aromatic rings. The summed E-state index contributed by atoms with van der Waals surface area (Å²) in [4.78, 5) is 11.7. The number of unbranched alkanes of at least 4 members (excludes halogenated alkanes) is 2. The zero-order chi connectivity index (χ0) is 13.2. The largest absolute Gasteiger partial charge is 0.325 e. The lowest BCUT2D eigenvalue weighted by Gasteiger charge is -2.13. The molecule has 3 nitrogen and oxygen atoms in total. The van der Waals surface area contributed by atoms with Gasteiger partial charge in [0, 0.05) is 11.7 Å². The van der Waals surface area contributed by atoms with Crippen LogP contribution in [0.25, 0.3) is 0 Å². The van der Waals surface area contributed by atoms with Crippen LogP contribution in [0.2, 0.25) is 0 Å². The second-order valence-corrected chi connectivity index (χ2v) is 4.69. The monoisotopic (exact) mass is 248 g/mol. The molecule has 1 amide bonds. The molecule has 0 heterocycles. The maximum atomic E-state index is 11.7. The van der Waals surface area contributed by atoms with Gasteiger partial charge in [-0.25, -0.2) is 0 Å². The molecule has 0 spiro atoms. The molecule has 100 valence electrons. The van der Waals surface area contributed by atoms with Gasteiger partial charge in [0.05, 0.1) is 6.54 Å². The van der Waals surface area contributed by atoms with Crippen molar-refractivity contribution in [1.29, 1.82) is 0 Å². The van der Waals surface area contributed by atoms with Gasteiger partial charge in [0.25, 0.3) is 0 Å². The first kappa shape index (κ1) is 14.7. The van der Waals surface area contributed by atoms with Gasteiger partial charge >= 0.3 is 0 Å². The molecular weight excluding hydrogens is 224 g/mol. The van der Waals surface area contributed by atoms with E-state index in [0.717, 1.165) is 12.1 Å². The Bertz CT molecular complexity index is 338. The number of hydrogen-bond acceptors (Lipinski definition) is 2. The standard InChI is InChI=1S/C15H24N2O/c1-3-4-6-9-13(2)16-12-15(18)17-14-10-7-5-8-11-14/h5,7-8,10-11,13,16H,3-4,6,9,12H2,1-2H3,(H,17,18). The van der Waals surface area contributed by atoms with Crippen molar-refractivity contribution in [2.45, 2.75) is 45.6 Å². The first-order chi connectivity index (χ1) is 8.72. The lowest BCUT2D eigenvalue weighted by atomic mass is 10.1. The van der Waals surface area contributed by atoms with Gasteiger partial charge in [0.1, 0.15) is 0 Å². The molecule has 1 rings (SSSR count). The number of benzene rings is 1. The van der Waals surface area contributed by atoms with Crippen molar-refractivity contribution < 1.29 is 4.79 Å². The Balaban J connectivity index is 2.17. The van der Waals surface area contributed by atoms with Crippen LogP contribution in [0.1, 0.15) is 39.5 Å². The molecule has 0 aliphatic heterocycles. The van der Waals surface area contributed by atoms with Gasteiger partial charge in [-0.15, -0.1) is 0 Å². The zero-order valence-electron chi connectivity index (χ0n) is 11.4. The molecule has 3 heteroatoms. The highest BCUT2D eigenvalue weighted by molar-refractivity contribution is 5.92. The number of rotatable bonds is 8. The third-order valence-electron chi connectivity index (χ3n) is 2.91. The molecule has 1 aromatic carbocycles. The first-order valence-corrected chi connectivity index (χ1v) is 6.80. The summed E-state index contributed by atoms with van der Waals surface area (Å²) in [5.41, 5.74) is 0.850. The summed E-state index contributed by atoms with van der Waals surface area (Å²) in [7, 11) is 0. The van der Waals surface area contributed by atoms with E-state index in [2.05, 4.69) is 24.5 Å². The normalized spacial score (nSPS) is 12.1. The van der Waals surface area contributed by atoms with Gasteiger partial charge in [-0.2, -0.15) is 0 Å². The number of amides is 1. The Labute approximate surface area is 110 Å². The summed E-state index contributed by atoms with van der Waals surface area (Å²) in [6, 6.07) is 9.94. The Hall–Kier alpha value is -1.35. The Morgan fingerprint density at radius 3 is 2.61 bits per heavy atom. The van der Waals surface area contributed by atoms with Crippen LogP contribution < -0.4 is 10.6 Å². The third-order valence-corrected chi connectivity index (χ3v) is 2.91. The van der Waals surface area contributed by atoms with Crippen LogP contribution in [0.4, 0.5) is 5.69 Å². The van der Waals surface area contributed by atoms with Crippen molar-refractivity contribution in [2.24, 2.45) is 0 Å². The van der Waals surface area contributed by atoms with Crippen molar-refractivity contribution in [2.75, 3.05) is 11.9 Å². The first-order valence-electron chi connectivity index (χ1n) is 6.80. The average molecular weight is 248 g/mol. The van der Waals surface area contributed by atoms with E-state index in [1.54, 1.807) is 0 Å². The van der Waals surface area contributed by atoms with Crippen LogP contribution in [0.5, 0.6) is 0 Å². The van der Waals surface area contributed by atoms with Crippen LogP contribution in [0.15, 0.2) is 30.3 Å². The molecular formula is C15H24N2O. The van der Waals surface area contributed by atoms with Gasteiger partial charge in [0.15, 0.2) is 0 Å². The number of anilines is 1. The molecule has 0 saturated carbocycles. The molecule has 0 aliphatic rings. The predicted octanol–water partition coefficient (Wildman–Crippen LogP) is 3.18. The fraction of sp³-hybridized carbons (Fsp3) is 0.533. The number of nitrogens with one attached hydrogen (secondary N) is 2. The summed E-state index contributed by atoms with van der Waals surface area (Å²) in [6.45, 7) is 4.71. The highest BCUT2D eigenvalue weighted by Crippen LogP contribution is 2.05. The third kappa shape index (κ3) is 6.40. The lowest BCUT2D eigenvalue weighted by molar-refractivity contribution is -0.115. The smallest absolute Gasteiger partial charge is 0.238 e. The molecule has 2 N–H and O–H groups in total. The molecule has 0 radical (unpaired) electrons. The maximum Gasteiger partial charge on any atom is 0.238 e. The van der Waals surface area contributed by atoms with E-state index in [1.807, 2.05) is 30.3 Å². The molecule has 18 heavy (non-hydrogen) atoms. The van der Waals surface area contributed by atoms with Gasteiger partial charge in [-0.3, -0.25) is 4.79 Å². The van der Waals surface area contributed by atoms with Crippen LogP contribution in [0.3, 0.4) is 0 Å². The van der Waals surface area contributed by atoms with Gasteiger partial charge in [0.2, 0.25) is 5.91 Å². The predicted molar refractivity (Wildman–Crippen MR) is 76.7 cm³/mol. The van der Waals surface area contributed by atoms with E-state index in [1.165, 1.54) is 19.3 Å². The van der Waals surface area contributed by atoms with Crippen molar-refractivity contribution in [1.82, 2.24) is 5.32 Å². The Morgan fingerprint density at radius 2 is 1.94 bits per heavy atom. The number of carbonyl (C=O) groups excluding carboxylic acids is 1. The van der Waals surface area contributed by atoms with E-state index in [-0.39, 0.29) is 5.91 Å². The van der Waals surface area contributed by atoms with Crippen molar-refractivity contribution in [3.63, 3.8) is 0 Å². The Kier molecular flexibility index (Phi) is 7.11. The lowest BCUT2D eigenvalue weighted by Crippen LogP contribution is -2.34. The SMILES string of the molecule is CCCCCC(C)NCC(=O)Nc1ccccc1. The second-order valence-electron chi connectivity index (χ2n) is 4.69. The summed E-state index contributed by atoms with van der Waals surface area (Å²) in [5, 5.41) is 6.11. The molecule has 1 unspecified atom stereocenters. The van der Waals surface area contributed by atoms with Crippen molar-refractivity contribution in [3.05, 3.63) is 30.3 Å².